The molecule has 5 rings (SSSR count). The molecule has 4 aromatic rings. The summed E-state index contributed by atoms with van der Waals surface area (Å²) in [7, 11) is 3.21. The predicted octanol–water partition coefficient (Wildman–Crippen LogP) is 5.07. The van der Waals surface area contributed by atoms with Gasteiger partial charge in [0.2, 0.25) is 0 Å². The molecule has 2 heterocycles. The lowest BCUT2D eigenvalue weighted by molar-refractivity contribution is -0.145. The highest BCUT2D eigenvalue weighted by Gasteiger charge is 2.32. The van der Waals surface area contributed by atoms with Crippen molar-refractivity contribution in [3.8, 4) is 34.2 Å². The van der Waals surface area contributed by atoms with Crippen molar-refractivity contribution in [2.75, 3.05) is 47.1 Å². The lowest BCUT2D eigenvalue weighted by Gasteiger charge is -2.36. The molecule has 0 aliphatic carbocycles. The summed E-state index contributed by atoms with van der Waals surface area (Å²) in [6.07, 6.45) is 0.755. The zero-order valence-electron chi connectivity index (χ0n) is 25.7. The Labute approximate surface area is 258 Å². The highest BCUT2D eigenvalue weighted by molar-refractivity contribution is 6.01. The lowest BCUT2D eigenvalue weighted by Crippen LogP contribution is -2.54. The van der Waals surface area contributed by atoms with Crippen LogP contribution in [0, 0.1) is 6.92 Å². The lowest BCUT2D eigenvalue weighted by atomic mass is 10.0. The monoisotopic (exact) mass is 597 g/mol. The average Bonchev–Trinajstić information content (AvgIpc) is 3.40. The fraction of sp³-hybridized carbons (Fsp3) is 0.314. The first kappa shape index (κ1) is 30.7. The molecule has 44 heavy (non-hydrogen) atoms. The topological polar surface area (TPSA) is 91.3 Å². The molecule has 1 amide bonds. The fourth-order valence-corrected chi connectivity index (χ4v) is 5.75. The maximum Gasteiger partial charge on any atom is 0.344 e. The molecule has 1 aliphatic heterocycles. The third kappa shape index (κ3) is 6.58. The molecule has 1 fully saturated rings. The third-order valence-corrected chi connectivity index (χ3v) is 7.75. The Balaban J connectivity index is 1.58. The van der Waals surface area contributed by atoms with Crippen molar-refractivity contribution >= 4 is 11.9 Å². The van der Waals surface area contributed by atoms with Gasteiger partial charge in [-0.15, -0.1) is 0 Å². The smallest absolute Gasteiger partial charge is 0.344 e. The van der Waals surface area contributed by atoms with Gasteiger partial charge in [0, 0.05) is 31.4 Å². The van der Waals surface area contributed by atoms with Crippen LogP contribution in [0.5, 0.6) is 17.2 Å². The van der Waals surface area contributed by atoms with Crippen LogP contribution >= 0.6 is 0 Å². The number of nitrogens with zero attached hydrogens (tertiary/aromatic N) is 2. The molecule has 0 radical (unpaired) electrons. The number of para-hydroxylation sites is 1. The van der Waals surface area contributed by atoms with Crippen LogP contribution in [-0.2, 0) is 16.0 Å². The van der Waals surface area contributed by atoms with Gasteiger partial charge in [-0.3, -0.25) is 4.79 Å². The number of ether oxygens (including phenoxy) is 4. The van der Waals surface area contributed by atoms with E-state index in [1.54, 1.807) is 33.3 Å². The maximum absolute atomic E-state index is 14.5. The van der Waals surface area contributed by atoms with Crippen molar-refractivity contribution in [3.05, 3.63) is 95.7 Å². The first-order valence-corrected chi connectivity index (χ1v) is 14.8. The van der Waals surface area contributed by atoms with Crippen molar-refractivity contribution in [3.63, 3.8) is 0 Å². The number of esters is 1. The molecule has 1 N–H and O–H groups in total. The second-order valence-corrected chi connectivity index (χ2v) is 10.6. The highest BCUT2D eigenvalue weighted by Crippen LogP contribution is 2.40. The van der Waals surface area contributed by atoms with Gasteiger partial charge in [-0.05, 0) is 73.9 Å². The Bertz CT molecular complexity index is 1580. The Morgan fingerprint density at radius 3 is 2.43 bits per heavy atom. The van der Waals surface area contributed by atoms with Crippen LogP contribution in [0.4, 0.5) is 0 Å². The Hall–Kier alpha value is -4.76. The van der Waals surface area contributed by atoms with Crippen LogP contribution in [0.15, 0.2) is 78.9 Å². The molecule has 0 spiro atoms. The number of aromatic nitrogens is 1. The summed E-state index contributed by atoms with van der Waals surface area (Å²) >= 11 is 0. The van der Waals surface area contributed by atoms with E-state index in [4.69, 9.17) is 18.9 Å². The van der Waals surface area contributed by atoms with Gasteiger partial charge in [0.15, 0.2) is 18.1 Å². The summed E-state index contributed by atoms with van der Waals surface area (Å²) < 4.78 is 24.1. The predicted molar refractivity (Wildman–Crippen MR) is 169 cm³/mol. The SMILES string of the molecule is CCOC(=O)COc1ccc(-c2c(C(=O)N3CCNC[C@H]3Cc3ccccc3)cc(C)n2-c2cccc(OC)c2OC)cc1. The molecule has 1 aliphatic rings. The summed E-state index contributed by atoms with van der Waals surface area (Å²) in [6.45, 7) is 5.89. The number of carbonyl (C=O) groups excluding carboxylic acids is 2. The number of piperazine rings is 1. The van der Waals surface area contributed by atoms with Crippen molar-refractivity contribution in [1.82, 2.24) is 14.8 Å². The number of hydrogen-bond acceptors (Lipinski definition) is 7. The second kappa shape index (κ2) is 14.1. The van der Waals surface area contributed by atoms with Gasteiger partial charge in [-0.2, -0.15) is 0 Å². The van der Waals surface area contributed by atoms with Crippen LogP contribution < -0.4 is 19.5 Å². The van der Waals surface area contributed by atoms with E-state index < -0.39 is 5.97 Å². The number of methoxy groups -OCH3 is 2. The van der Waals surface area contributed by atoms with Crippen LogP contribution in [0.25, 0.3) is 16.9 Å². The van der Waals surface area contributed by atoms with E-state index in [1.165, 1.54) is 5.56 Å². The van der Waals surface area contributed by atoms with E-state index in [2.05, 4.69) is 17.4 Å². The molecule has 230 valence electrons. The number of benzene rings is 3. The van der Waals surface area contributed by atoms with Gasteiger partial charge in [-0.25, -0.2) is 4.79 Å². The van der Waals surface area contributed by atoms with E-state index >= 15 is 0 Å². The summed E-state index contributed by atoms with van der Waals surface area (Å²) in [5.74, 6) is 1.21. The molecule has 9 nitrogen and oxygen atoms in total. The minimum Gasteiger partial charge on any atom is -0.493 e. The molecule has 0 saturated carbocycles. The quantitative estimate of drug-likeness (QED) is 0.242. The maximum atomic E-state index is 14.5. The normalized spacial score (nSPS) is 14.6. The highest BCUT2D eigenvalue weighted by atomic mass is 16.6. The van der Waals surface area contributed by atoms with E-state index in [-0.39, 0.29) is 18.6 Å². The summed E-state index contributed by atoms with van der Waals surface area (Å²) in [4.78, 5) is 28.3. The minimum atomic E-state index is -0.430. The molecular weight excluding hydrogens is 558 g/mol. The summed E-state index contributed by atoms with van der Waals surface area (Å²) in [5.41, 5.74) is 4.94. The van der Waals surface area contributed by atoms with Crippen LogP contribution in [0.2, 0.25) is 0 Å². The molecule has 3 aromatic carbocycles. The van der Waals surface area contributed by atoms with E-state index in [1.807, 2.05) is 71.0 Å². The molecule has 1 saturated heterocycles. The fourth-order valence-electron chi connectivity index (χ4n) is 5.75. The van der Waals surface area contributed by atoms with Gasteiger partial charge in [-0.1, -0.05) is 36.4 Å². The third-order valence-electron chi connectivity index (χ3n) is 7.75. The summed E-state index contributed by atoms with van der Waals surface area (Å²) in [6, 6.07) is 25.3. The largest absolute Gasteiger partial charge is 0.493 e. The first-order chi connectivity index (χ1) is 21.4. The number of nitrogens with one attached hydrogen (secondary N) is 1. The molecule has 0 bridgehead atoms. The molecule has 0 unspecified atom stereocenters. The molecular formula is C35H39N3O6. The minimum absolute atomic E-state index is 0.000152. The Morgan fingerprint density at radius 1 is 0.955 bits per heavy atom. The number of amides is 1. The molecule has 1 atom stereocenters. The first-order valence-electron chi connectivity index (χ1n) is 14.8. The Morgan fingerprint density at radius 2 is 1.73 bits per heavy atom. The van der Waals surface area contributed by atoms with Crippen LogP contribution in [0.1, 0.15) is 28.5 Å². The summed E-state index contributed by atoms with van der Waals surface area (Å²) in [5, 5.41) is 3.47. The number of carbonyl (C=O) groups is 2. The van der Waals surface area contributed by atoms with Crippen molar-refractivity contribution < 1.29 is 28.5 Å². The van der Waals surface area contributed by atoms with Gasteiger partial charge in [0.05, 0.1) is 37.8 Å². The van der Waals surface area contributed by atoms with Crippen molar-refractivity contribution in [2.24, 2.45) is 0 Å². The van der Waals surface area contributed by atoms with E-state index in [9.17, 15) is 9.59 Å². The van der Waals surface area contributed by atoms with Gasteiger partial charge in [0.25, 0.3) is 5.91 Å². The second-order valence-electron chi connectivity index (χ2n) is 10.6. The number of hydrogen-bond donors (Lipinski definition) is 1. The molecule has 9 heteroatoms. The van der Waals surface area contributed by atoms with E-state index in [0.29, 0.717) is 42.5 Å². The van der Waals surface area contributed by atoms with Gasteiger partial charge in [0.1, 0.15) is 5.75 Å². The van der Waals surface area contributed by atoms with Crippen LogP contribution in [-0.4, -0.2) is 74.5 Å². The van der Waals surface area contributed by atoms with Gasteiger partial charge < -0.3 is 33.7 Å². The zero-order chi connectivity index (χ0) is 31.1. The average molecular weight is 598 g/mol. The number of rotatable bonds is 11. The van der Waals surface area contributed by atoms with Crippen molar-refractivity contribution in [1.29, 1.82) is 0 Å². The van der Waals surface area contributed by atoms with Crippen molar-refractivity contribution in [2.45, 2.75) is 26.3 Å². The standard InChI is InChI=1S/C35H39N3O6/c1-5-43-32(39)23-44-28-16-14-26(15-17-28)33-29(20-24(2)38(33)30-12-9-13-31(41-3)34(30)42-4)35(40)37-19-18-36-22-27(37)21-25-10-7-6-8-11-25/h6-17,20,27,36H,5,18-19,21-23H2,1-4H3/t27-/m1/s1. The zero-order valence-corrected chi connectivity index (χ0v) is 25.7. The Kier molecular flexibility index (Phi) is 9.86. The number of aryl methyl sites for hydroxylation is 1. The van der Waals surface area contributed by atoms with E-state index in [0.717, 1.165) is 35.6 Å². The van der Waals surface area contributed by atoms with Crippen LogP contribution in [0.3, 0.4) is 0 Å². The van der Waals surface area contributed by atoms with Gasteiger partial charge >= 0.3 is 5.97 Å². The molecule has 1 aromatic heterocycles.